The summed E-state index contributed by atoms with van der Waals surface area (Å²) in [4.78, 5) is 32.5. The number of carbonyl (C=O) groups is 1. The highest BCUT2D eigenvalue weighted by molar-refractivity contribution is 6.31. The molecule has 0 aliphatic carbocycles. The van der Waals surface area contributed by atoms with Gasteiger partial charge in [0, 0.05) is 32.4 Å². The number of ether oxygens (including phenoxy) is 2. The molecule has 1 amide bonds. The highest BCUT2D eigenvalue weighted by Gasteiger charge is 2.30. The Kier molecular flexibility index (Phi) is 6.87. The Morgan fingerprint density at radius 1 is 1.25 bits per heavy atom. The number of nitrogens with one attached hydrogen (secondary N) is 1. The van der Waals surface area contributed by atoms with Gasteiger partial charge in [-0.1, -0.05) is 11.6 Å². The first-order valence-electron chi connectivity index (χ1n) is 10.4. The molecule has 0 saturated carbocycles. The fourth-order valence-corrected chi connectivity index (χ4v) is 4.00. The normalized spacial score (nSPS) is 20.8. The molecule has 0 radical (unpaired) electrons. The predicted octanol–water partition coefficient (Wildman–Crippen LogP) is 1.36. The van der Waals surface area contributed by atoms with E-state index in [1.165, 1.54) is 6.20 Å². The lowest BCUT2D eigenvalue weighted by Crippen LogP contribution is -2.49. The zero-order valence-corrected chi connectivity index (χ0v) is 18.1. The van der Waals surface area contributed by atoms with Gasteiger partial charge in [-0.2, -0.15) is 10.4 Å². The molecule has 2 fully saturated rings. The molecule has 0 unspecified atom stereocenters. The summed E-state index contributed by atoms with van der Waals surface area (Å²) in [6.45, 7) is 2.86. The number of aromatic amines is 1. The van der Waals surface area contributed by atoms with E-state index < -0.39 is 5.56 Å². The molecule has 0 bridgehead atoms. The maximum absolute atomic E-state index is 12.7. The molecule has 0 spiro atoms. The fourth-order valence-electron chi connectivity index (χ4n) is 3.85. The third-order valence-corrected chi connectivity index (χ3v) is 5.98. The van der Waals surface area contributed by atoms with E-state index in [-0.39, 0.29) is 35.5 Å². The lowest BCUT2D eigenvalue weighted by atomic mass is 10.1. The highest BCUT2D eigenvalue weighted by atomic mass is 35.5. The summed E-state index contributed by atoms with van der Waals surface area (Å²) >= 11 is 5.91. The van der Waals surface area contributed by atoms with Crippen molar-refractivity contribution in [2.75, 3.05) is 37.7 Å². The van der Waals surface area contributed by atoms with Gasteiger partial charge in [-0.3, -0.25) is 9.59 Å². The lowest BCUT2D eigenvalue weighted by molar-refractivity contribution is -0.134. The van der Waals surface area contributed by atoms with E-state index in [4.69, 9.17) is 26.3 Å². The van der Waals surface area contributed by atoms with Gasteiger partial charge < -0.3 is 19.3 Å². The Morgan fingerprint density at radius 2 is 2.03 bits per heavy atom. The summed E-state index contributed by atoms with van der Waals surface area (Å²) in [7, 11) is 0. The molecule has 2 saturated heterocycles. The molecule has 11 heteroatoms. The Balaban J connectivity index is 1.20. The van der Waals surface area contributed by atoms with Crippen molar-refractivity contribution in [2.45, 2.75) is 31.5 Å². The van der Waals surface area contributed by atoms with Crippen LogP contribution in [0.4, 0.5) is 5.82 Å². The average Bonchev–Trinajstić information content (AvgIpc) is 3.27. The van der Waals surface area contributed by atoms with Gasteiger partial charge in [0.2, 0.25) is 5.91 Å². The van der Waals surface area contributed by atoms with Crippen molar-refractivity contribution in [3.05, 3.63) is 45.5 Å². The third-order valence-electron chi connectivity index (χ3n) is 5.62. The van der Waals surface area contributed by atoms with Crippen molar-refractivity contribution in [2.24, 2.45) is 0 Å². The first kappa shape index (κ1) is 22.0. The number of nitriles is 1. The van der Waals surface area contributed by atoms with Gasteiger partial charge in [0.1, 0.15) is 18.5 Å². The Hall–Kier alpha value is -3.16. The number of anilines is 1. The largest absolute Gasteiger partial charge is 0.487 e. The van der Waals surface area contributed by atoms with Gasteiger partial charge in [-0.05, 0) is 25.0 Å². The lowest BCUT2D eigenvalue weighted by Gasteiger charge is -2.35. The number of piperazine rings is 1. The monoisotopic (exact) mass is 458 g/mol. The second-order valence-corrected chi connectivity index (χ2v) is 8.11. The van der Waals surface area contributed by atoms with Crippen molar-refractivity contribution in [1.82, 2.24) is 20.1 Å². The second kappa shape index (κ2) is 9.97. The van der Waals surface area contributed by atoms with Crippen LogP contribution < -0.4 is 15.2 Å². The molecule has 10 nitrogen and oxygen atoms in total. The number of H-pyrrole nitrogens is 1. The van der Waals surface area contributed by atoms with Gasteiger partial charge in [-0.25, -0.2) is 10.1 Å². The summed E-state index contributed by atoms with van der Waals surface area (Å²) in [5, 5.41) is 14.8. The predicted molar refractivity (Wildman–Crippen MR) is 116 cm³/mol. The van der Waals surface area contributed by atoms with Crippen LogP contribution in [0, 0.1) is 11.3 Å². The van der Waals surface area contributed by atoms with E-state index in [1.807, 2.05) is 11.0 Å². The van der Waals surface area contributed by atoms with Crippen molar-refractivity contribution < 1.29 is 14.3 Å². The number of aromatic nitrogens is 3. The van der Waals surface area contributed by atoms with E-state index in [0.29, 0.717) is 38.2 Å². The van der Waals surface area contributed by atoms with Gasteiger partial charge in [0.05, 0.1) is 30.4 Å². The van der Waals surface area contributed by atoms with E-state index in [9.17, 15) is 9.59 Å². The smallest absolute Gasteiger partial charge is 0.286 e. The van der Waals surface area contributed by atoms with Crippen LogP contribution in [0.2, 0.25) is 5.02 Å². The topological polar surface area (TPSA) is 124 Å². The van der Waals surface area contributed by atoms with Gasteiger partial charge in [0.25, 0.3) is 5.56 Å². The van der Waals surface area contributed by atoms with Crippen LogP contribution in [0.15, 0.2) is 29.3 Å². The SMILES string of the molecule is N#Cc1ccc(N2CCN(C(=O)C[C@@H]3CC[C@H](COc4cn[nH]c(=O)c4Cl)O3)CC2)nc1. The molecule has 2 atom stereocenters. The van der Waals surface area contributed by atoms with Crippen LogP contribution in [0.1, 0.15) is 24.8 Å². The zero-order chi connectivity index (χ0) is 22.5. The number of pyridine rings is 1. The number of rotatable bonds is 6. The first-order chi connectivity index (χ1) is 15.5. The molecule has 32 heavy (non-hydrogen) atoms. The van der Waals surface area contributed by atoms with Gasteiger partial charge in [-0.15, -0.1) is 0 Å². The quantitative estimate of drug-likeness (QED) is 0.687. The Labute approximate surface area is 189 Å². The Bertz CT molecular complexity index is 1050. The van der Waals surface area contributed by atoms with E-state index in [1.54, 1.807) is 12.3 Å². The van der Waals surface area contributed by atoms with Crippen LogP contribution in [0.5, 0.6) is 5.75 Å². The zero-order valence-electron chi connectivity index (χ0n) is 17.4. The molecule has 2 aromatic rings. The minimum Gasteiger partial charge on any atom is -0.487 e. The van der Waals surface area contributed by atoms with Crippen LogP contribution in [-0.4, -0.2) is 71.0 Å². The summed E-state index contributed by atoms with van der Waals surface area (Å²) in [6, 6.07) is 5.64. The number of hydrogen-bond donors (Lipinski definition) is 1. The summed E-state index contributed by atoms with van der Waals surface area (Å²) < 4.78 is 11.5. The van der Waals surface area contributed by atoms with Crippen molar-refractivity contribution >= 4 is 23.3 Å². The molecule has 4 rings (SSSR count). The number of carbonyl (C=O) groups excluding carboxylic acids is 1. The molecular weight excluding hydrogens is 436 g/mol. The molecule has 2 aliphatic heterocycles. The van der Waals surface area contributed by atoms with E-state index in [2.05, 4.69) is 26.2 Å². The van der Waals surface area contributed by atoms with Gasteiger partial charge in [0.15, 0.2) is 10.8 Å². The van der Waals surface area contributed by atoms with Gasteiger partial charge >= 0.3 is 0 Å². The first-order valence-corrected chi connectivity index (χ1v) is 10.8. The minimum absolute atomic E-state index is 0.0416. The van der Waals surface area contributed by atoms with Crippen molar-refractivity contribution in [3.8, 4) is 11.8 Å². The van der Waals surface area contributed by atoms with E-state index >= 15 is 0 Å². The van der Waals surface area contributed by atoms with Crippen molar-refractivity contribution in [1.29, 1.82) is 5.26 Å². The van der Waals surface area contributed by atoms with Crippen LogP contribution >= 0.6 is 11.6 Å². The summed E-state index contributed by atoms with van der Waals surface area (Å²) in [5.74, 6) is 1.10. The highest BCUT2D eigenvalue weighted by Crippen LogP contribution is 2.25. The average molecular weight is 459 g/mol. The standard InChI is InChI=1S/C21H23ClN6O4/c22-20-17(12-25-26-21(20)30)31-13-16-3-2-15(32-16)9-19(29)28-7-5-27(6-8-28)18-4-1-14(10-23)11-24-18/h1,4,11-12,15-16H,2-3,5-9,13H2,(H,26,30)/t15-,16+/m0/s1. The minimum atomic E-state index is -0.505. The Morgan fingerprint density at radius 3 is 2.75 bits per heavy atom. The molecule has 2 aliphatic rings. The number of nitrogens with zero attached hydrogens (tertiary/aromatic N) is 5. The second-order valence-electron chi connectivity index (χ2n) is 7.73. The van der Waals surface area contributed by atoms with E-state index in [0.717, 1.165) is 18.7 Å². The summed E-state index contributed by atoms with van der Waals surface area (Å²) in [5.41, 5.74) is 0.0232. The van der Waals surface area contributed by atoms with Crippen molar-refractivity contribution in [3.63, 3.8) is 0 Å². The number of amides is 1. The van der Waals surface area contributed by atoms with Crippen LogP contribution in [0.3, 0.4) is 0 Å². The summed E-state index contributed by atoms with van der Waals surface area (Å²) in [6.07, 6.45) is 4.47. The maximum atomic E-state index is 12.7. The van der Waals surface area contributed by atoms with Crippen LogP contribution in [0.25, 0.3) is 0 Å². The third kappa shape index (κ3) is 5.18. The fraction of sp³-hybridized carbons (Fsp3) is 0.476. The molecule has 4 heterocycles. The molecule has 0 aromatic carbocycles. The molecular formula is C21H23ClN6O4. The number of hydrogen-bond acceptors (Lipinski definition) is 8. The molecule has 2 aromatic heterocycles. The number of halogens is 1. The maximum Gasteiger partial charge on any atom is 0.286 e. The molecule has 1 N–H and O–H groups in total. The molecule has 168 valence electrons. The van der Waals surface area contributed by atoms with Crippen LogP contribution in [-0.2, 0) is 9.53 Å².